The highest BCUT2D eigenvalue weighted by Gasteiger charge is 2.30. The molecule has 1 aliphatic heterocycles. The van der Waals surface area contributed by atoms with Gasteiger partial charge in [-0.1, -0.05) is 6.92 Å². The Morgan fingerprint density at radius 3 is 3.00 bits per heavy atom. The topological polar surface area (TPSA) is 55.1 Å². The average Bonchev–Trinajstić information content (AvgIpc) is 2.73. The molecule has 1 amide bonds. The Morgan fingerprint density at radius 1 is 1.61 bits per heavy atom. The van der Waals surface area contributed by atoms with Gasteiger partial charge >= 0.3 is 0 Å². The Bertz CT molecular complexity index is 442. The second kappa shape index (κ2) is 5.23. The molecule has 1 aromatic rings. The molecule has 3 N–H and O–H groups in total. The molecular weight excluding hydrogens is 264 g/mol. The van der Waals surface area contributed by atoms with Gasteiger partial charge in [-0.25, -0.2) is 0 Å². The fraction of sp³-hybridized carbons (Fsp3) is 0.615. The number of nitrogens with two attached hydrogens (primary N) is 1. The Kier molecular flexibility index (Phi) is 4.04. The quantitative estimate of drug-likeness (QED) is 0.894. The van der Waals surface area contributed by atoms with Crippen molar-refractivity contribution in [1.29, 1.82) is 0 Å². The van der Waals surface area contributed by atoms with Gasteiger partial charge in [-0.2, -0.15) is 0 Å². The number of carbonyl (C=O) groups is 1. The molecule has 2 atom stereocenters. The van der Waals surface area contributed by atoms with E-state index in [0.717, 1.165) is 6.42 Å². The molecule has 0 radical (unpaired) electrons. The van der Waals surface area contributed by atoms with Crippen molar-refractivity contribution in [3.8, 4) is 0 Å². The predicted molar refractivity (Wildman–Crippen MR) is 78.0 cm³/mol. The molecule has 1 aromatic heterocycles. The van der Waals surface area contributed by atoms with Crippen LogP contribution in [0.25, 0.3) is 0 Å². The highest BCUT2D eigenvalue weighted by Crippen LogP contribution is 2.43. The van der Waals surface area contributed by atoms with Crippen molar-refractivity contribution >= 4 is 29.0 Å². The molecule has 3 nitrogen and oxygen atoms in total. The maximum absolute atomic E-state index is 11.3. The zero-order valence-corrected chi connectivity index (χ0v) is 12.7. The molecule has 1 unspecified atom stereocenters. The summed E-state index contributed by atoms with van der Waals surface area (Å²) in [5.41, 5.74) is 6.29. The summed E-state index contributed by atoms with van der Waals surface area (Å²) in [5.74, 6) is -0.251. The Morgan fingerprint density at radius 2 is 2.33 bits per heavy atom. The van der Waals surface area contributed by atoms with Gasteiger partial charge in [0.05, 0.1) is 9.62 Å². The van der Waals surface area contributed by atoms with Crippen molar-refractivity contribution in [2.75, 3.05) is 6.54 Å². The Labute approximate surface area is 117 Å². The van der Waals surface area contributed by atoms with Crippen molar-refractivity contribution in [2.24, 2.45) is 11.1 Å². The molecule has 2 heterocycles. The normalized spacial score (nSPS) is 23.7. The summed E-state index contributed by atoms with van der Waals surface area (Å²) in [6.07, 6.45) is 1.10. The summed E-state index contributed by atoms with van der Waals surface area (Å²) in [6, 6.07) is 2.54. The number of amides is 1. The van der Waals surface area contributed by atoms with Crippen molar-refractivity contribution in [3.05, 3.63) is 17.0 Å². The number of thioether (sulfide) groups is 1. The van der Waals surface area contributed by atoms with E-state index in [9.17, 15) is 4.79 Å². The molecule has 18 heavy (non-hydrogen) atoms. The molecule has 0 saturated carbocycles. The number of nitrogens with one attached hydrogen (secondary N) is 1. The van der Waals surface area contributed by atoms with E-state index in [1.807, 2.05) is 25.6 Å². The largest absolute Gasteiger partial charge is 0.369 e. The van der Waals surface area contributed by atoms with Gasteiger partial charge in [-0.05, 0) is 37.3 Å². The molecular formula is C13H20N2OS2. The summed E-state index contributed by atoms with van der Waals surface area (Å²) >= 11 is 3.75. The smallest absolute Gasteiger partial charge is 0.224 e. The minimum absolute atomic E-state index is 0.251. The van der Waals surface area contributed by atoms with E-state index in [1.54, 1.807) is 11.3 Å². The van der Waals surface area contributed by atoms with Gasteiger partial charge in [0.25, 0.3) is 0 Å². The molecule has 0 spiro atoms. The highest BCUT2D eigenvalue weighted by molar-refractivity contribution is 8.01. The fourth-order valence-corrected chi connectivity index (χ4v) is 4.57. The maximum Gasteiger partial charge on any atom is 0.224 e. The molecule has 0 bridgehead atoms. The minimum Gasteiger partial charge on any atom is -0.369 e. The van der Waals surface area contributed by atoms with Crippen LogP contribution in [-0.2, 0) is 4.79 Å². The third-order valence-electron chi connectivity index (χ3n) is 3.37. The van der Waals surface area contributed by atoms with Crippen molar-refractivity contribution in [2.45, 2.75) is 42.7 Å². The summed E-state index contributed by atoms with van der Waals surface area (Å²) in [6.45, 7) is 6.65. The van der Waals surface area contributed by atoms with Gasteiger partial charge in [0, 0.05) is 17.8 Å². The number of thiophene rings is 1. The van der Waals surface area contributed by atoms with E-state index in [-0.39, 0.29) is 5.91 Å². The molecule has 0 saturated heterocycles. The van der Waals surface area contributed by atoms with Crippen LogP contribution in [0, 0.1) is 5.41 Å². The van der Waals surface area contributed by atoms with Gasteiger partial charge in [0.15, 0.2) is 0 Å². The molecule has 100 valence electrons. The standard InChI is InChI=1S/C13H20N2OS2/c1-8-6-10(9-4-5-17-11(9)18-8)15-7-13(2,3)12(14)16/h4-5,8,10,15H,6-7H2,1-3H3,(H2,14,16)/t8-,10?/m0/s1. The lowest BCUT2D eigenvalue weighted by Crippen LogP contribution is -2.42. The monoisotopic (exact) mass is 284 g/mol. The molecule has 0 aliphatic carbocycles. The zero-order chi connectivity index (χ0) is 13.3. The number of hydrogen-bond acceptors (Lipinski definition) is 4. The molecule has 0 fully saturated rings. The van der Waals surface area contributed by atoms with Crippen LogP contribution in [0.4, 0.5) is 0 Å². The molecule has 5 heteroatoms. The zero-order valence-electron chi connectivity index (χ0n) is 11.0. The molecule has 0 aromatic carbocycles. The lowest BCUT2D eigenvalue weighted by molar-refractivity contribution is -0.125. The first-order valence-corrected chi connectivity index (χ1v) is 7.93. The van der Waals surface area contributed by atoms with Gasteiger partial charge in [0.1, 0.15) is 0 Å². The fourth-order valence-electron chi connectivity index (χ4n) is 2.01. The lowest BCUT2D eigenvalue weighted by Gasteiger charge is -2.30. The number of primary amides is 1. The van der Waals surface area contributed by atoms with Gasteiger partial charge < -0.3 is 11.1 Å². The van der Waals surface area contributed by atoms with Crippen LogP contribution in [0.2, 0.25) is 0 Å². The lowest BCUT2D eigenvalue weighted by atomic mass is 9.91. The van der Waals surface area contributed by atoms with E-state index in [0.29, 0.717) is 17.8 Å². The van der Waals surface area contributed by atoms with Crippen LogP contribution >= 0.6 is 23.1 Å². The maximum atomic E-state index is 11.3. The summed E-state index contributed by atoms with van der Waals surface area (Å²) in [7, 11) is 0. The van der Waals surface area contributed by atoms with Crippen LogP contribution in [-0.4, -0.2) is 17.7 Å². The van der Waals surface area contributed by atoms with Crippen LogP contribution in [0.5, 0.6) is 0 Å². The first-order chi connectivity index (χ1) is 8.40. The van der Waals surface area contributed by atoms with E-state index in [2.05, 4.69) is 23.7 Å². The minimum atomic E-state index is -0.496. The molecule has 1 aliphatic rings. The van der Waals surface area contributed by atoms with E-state index < -0.39 is 5.41 Å². The predicted octanol–water partition coefficient (Wildman–Crippen LogP) is 2.77. The third-order valence-corrected chi connectivity index (χ3v) is 5.71. The summed E-state index contributed by atoms with van der Waals surface area (Å²) in [5, 5.41) is 6.27. The highest BCUT2D eigenvalue weighted by atomic mass is 32.2. The Balaban J connectivity index is 2.05. The van der Waals surface area contributed by atoms with Crippen LogP contribution in [0.15, 0.2) is 15.7 Å². The van der Waals surface area contributed by atoms with Crippen molar-refractivity contribution in [1.82, 2.24) is 5.32 Å². The van der Waals surface area contributed by atoms with Crippen LogP contribution in [0.1, 0.15) is 38.8 Å². The second-order valence-corrected chi connectivity index (χ2v) is 8.13. The van der Waals surface area contributed by atoms with E-state index in [1.165, 1.54) is 9.77 Å². The summed E-state index contributed by atoms with van der Waals surface area (Å²) < 4.78 is 1.41. The first-order valence-electron chi connectivity index (χ1n) is 6.17. The Hall–Kier alpha value is -0.520. The first kappa shape index (κ1) is 13.9. The van der Waals surface area contributed by atoms with E-state index in [4.69, 9.17) is 5.73 Å². The average molecular weight is 284 g/mol. The van der Waals surface area contributed by atoms with Crippen molar-refractivity contribution < 1.29 is 4.79 Å². The van der Waals surface area contributed by atoms with Gasteiger partial charge in [-0.15, -0.1) is 23.1 Å². The number of hydrogen-bond donors (Lipinski definition) is 2. The van der Waals surface area contributed by atoms with Crippen LogP contribution in [0.3, 0.4) is 0 Å². The van der Waals surface area contributed by atoms with Gasteiger partial charge in [-0.3, -0.25) is 4.79 Å². The third kappa shape index (κ3) is 2.90. The second-order valence-electron chi connectivity index (χ2n) is 5.51. The van der Waals surface area contributed by atoms with Crippen molar-refractivity contribution in [3.63, 3.8) is 0 Å². The SMILES string of the molecule is C[C@H]1CC(NCC(C)(C)C(N)=O)c2ccsc2S1. The number of carbonyl (C=O) groups excluding carboxylic acids is 1. The number of rotatable bonds is 4. The molecule has 2 rings (SSSR count). The van der Waals surface area contributed by atoms with E-state index >= 15 is 0 Å². The summed E-state index contributed by atoms with van der Waals surface area (Å²) in [4.78, 5) is 11.3. The van der Waals surface area contributed by atoms with Crippen LogP contribution < -0.4 is 11.1 Å². The van der Waals surface area contributed by atoms with Gasteiger partial charge in [0.2, 0.25) is 5.91 Å². The number of fused-ring (bicyclic) bond motifs is 1.